The molecule has 3 heteroatoms. The highest BCUT2D eigenvalue weighted by Crippen LogP contribution is 2.46. The van der Waals surface area contributed by atoms with E-state index in [0.29, 0.717) is 23.2 Å². The molecule has 0 unspecified atom stereocenters. The molecule has 3 nitrogen and oxygen atoms in total. The summed E-state index contributed by atoms with van der Waals surface area (Å²) < 4.78 is 0. The van der Waals surface area contributed by atoms with Crippen LogP contribution in [0.3, 0.4) is 0 Å². The van der Waals surface area contributed by atoms with Crippen molar-refractivity contribution in [1.29, 1.82) is 0 Å². The second-order valence-electron chi connectivity index (χ2n) is 8.76. The Morgan fingerprint density at radius 2 is 1.48 bits per heavy atom. The fourth-order valence-corrected chi connectivity index (χ4v) is 4.02. The van der Waals surface area contributed by atoms with Gasteiger partial charge >= 0.3 is 0 Å². The van der Waals surface area contributed by atoms with Crippen LogP contribution in [-0.4, -0.2) is 18.2 Å². The molecular weight excluding hydrogens is 334 g/mol. The van der Waals surface area contributed by atoms with Crippen molar-refractivity contribution >= 4 is 11.7 Å². The van der Waals surface area contributed by atoms with Crippen molar-refractivity contribution in [3.63, 3.8) is 0 Å². The van der Waals surface area contributed by atoms with E-state index in [2.05, 4.69) is 39.1 Å². The quantitative estimate of drug-likeness (QED) is 0.776. The first-order valence-electron chi connectivity index (χ1n) is 9.74. The van der Waals surface area contributed by atoms with Crippen LogP contribution in [0.15, 0.2) is 42.5 Å². The second-order valence-corrected chi connectivity index (χ2v) is 8.76. The van der Waals surface area contributed by atoms with E-state index in [4.69, 9.17) is 0 Å². The third kappa shape index (κ3) is 3.55. The van der Waals surface area contributed by atoms with E-state index in [-0.39, 0.29) is 22.5 Å². The summed E-state index contributed by atoms with van der Waals surface area (Å²) in [5.41, 5.74) is 4.27. The number of fused-ring (bicyclic) bond motifs is 1. The number of benzene rings is 2. The predicted molar refractivity (Wildman–Crippen MR) is 110 cm³/mol. The summed E-state index contributed by atoms with van der Waals surface area (Å²) in [5.74, 6) is -0.306. The molecule has 142 valence electrons. The van der Waals surface area contributed by atoms with Gasteiger partial charge in [0, 0.05) is 17.7 Å². The molecule has 0 radical (unpaired) electrons. The highest BCUT2D eigenvalue weighted by molar-refractivity contribution is 6.15. The van der Waals surface area contributed by atoms with Crippen molar-refractivity contribution in [2.45, 2.75) is 58.3 Å². The topological polar surface area (TPSA) is 46.2 Å². The molecule has 0 heterocycles. The zero-order chi connectivity index (χ0) is 19.8. The molecule has 1 aliphatic carbocycles. The number of rotatable bonds is 4. The van der Waals surface area contributed by atoms with Crippen molar-refractivity contribution in [1.82, 2.24) is 5.32 Å². The molecule has 0 fully saturated rings. The first-order valence-corrected chi connectivity index (χ1v) is 9.74. The van der Waals surface area contributed by atoms with Crippen LogP contribution < -0.4 is 5.32 Å². The molecule has 1 N–H and O–H groups in total. The number of hydrogen-bond donors (Lipinski definition) is 1. The van der Waals surface area contributed by atoms with Crippen molar-refractivity contribution < 1.29 is 9.59 Å². The van der Waals surface area contributed by atoms with E-state index in [1.165, 1.54) is 11.1 Å². The zero-order valence-corrected chi connectivity index (χ0v) is 17.0. The number of carbonyl (C=O) groups excluding carboxylic acids is 2. The lowest BCUT2D eigenvalue weighted by molar-refractivity contribution is 0.0944. The Labute approximate surface area is 162 Å². The smallest absolute Gasteiger partial charge is 0.252 e. The SMILES string of the molecule is CCNC(=O)c1ccccc1C(=O)c1ccc2c(c1)C(C)(C)CCC2(C)C. The third-order valence-corrected chi connectivity index (χ3v) is 5.87. The maximum atomic E-state index is 13.3. The van der Waals surface area contributed by atoms with Crippen LogP contribution in [-0.2, 0) is 10.8 Å². The van der Waals surface area contributed by atoms with Gasteiger partial charge in [-0.15, -0.1) is 0 Å². The fraction of sp³-hybridized carbons (Fsp3) is 0.417. The Bertz CT molecular complexity index is 893. The first kappa shape index (κ1) is 19.3. The molecule has 0 bridgehead atoms. The first-order chi connectivity index (χ1) is 12.7. The van der Waals surface area contributed by atoms with Gasteiger partial charge in [-0.2, -0.15) is 0 Å². The molecule has 3 rings (SSSR count). The molecule has 0 spiro atoms. The van der Waals surface area contributed by atoms with Crippen LogP contribution in [0.5, 0.6) is 0 Å². The van der Waals surface area contributed by atoms with E-state index in [1.807, 2.05) is 19.1 Å². The van der Waals surface area contributed by atoms with Gasteiger partial charge < -0.3 is 5.32 Å². The van der Waals surface area contributed by atoms with Crippen molar-refractivity contribution in [3.05, 3.63) is 70.3 Å². The Morgan fingerprint density at radius 3 is 2.11 bits per heavy atom. The van der Waals surface area contributed by atoms with Gasteiger partial charge in [0.05, 0.1) is 5.56 Å². The summed E-state index contributed by atoms with van der Waals surface area (Å²) in [4.78, 5) is 25.6. The molecule has 2 aromatic carbocycles. The lowest BCUT2D eigenvalue weighted by atomic mass is 9.63. The number of hydrogen-bond acceptors (Lipinski definition) is 2. The highest BCUT2D eigenvalue weighted by atomic mass is 16.2. The Kier molecular flexibility index (Phi) is 4.98. The maximum absolute atomic E-state index is 13.3. The average Bonchev–Trinajstić information content (AvgIpc) is 2.65. The molecule has 1 aliphatic rings. The number of amides is 1. The predicted octanol–water partition coefficient (Wildman–Crippen LogP) is 5.02. The molecule has 0 saturated carbocycles. The van der Waals surface area contributed by atoms with E-state index in [9.17, 15) is 9.59 Å². The van der Waals surface area contributed by atoms with Crippen LogP contribution in [0, 0.1) is 0 Å². The monoisotopic (exact) mass is 363 g/mol. The van der Waals surface area contributed by atoms with E-state index < -0.39 is 0 Å². The number of nitrogens with one attached hydrogen (secondary N) is 1. The second kappa shape index (κ2) is 6.95. The average molecular weight is 364 g/mol. The summed E-state index contributed by atoms with van der Waals surface area (Å²) >= 11 is 0. The van der Waals surface area contributed by atoms with Gasteiger partial charge in [0.15, 0.2) is 5.78 Å². The Balaban J connectivity index is 2.07. The van der Waals surface area contributed by atoms with Gasteiger partial charge in [-0.1, -0.05) is 58.0 Å². The van der Waals surface area contributed by atoms with E-state index >= 15 is 0 Å². The van der Waals surface area contributed by atoms with Crippen LogP contribution in [0.25, 0.3) is 0 Å². The van der Waals surface area contributed by atoms with E-state index in [0.717, 1.165) is 12.8 Å². The fourth-order valence-electron chi connectivity index (χ4n) is 4.02. The van der Waals surface area contributed by atoms with Gasteiger partial charge in [-0.25, -0.2) is 0 Å². The van der Waals surface area contributed by atoms with Crippen LogP contribution in [0.4, 0.5) is 0 Å². The van der Waals surface area contributed by atoms with Crippen LogP contribution in [0.2, 0.25) is 0 Å². The minimum absolute atomic E-state index is 0.0419. The summed E-state index contributed by atoms with van der Waals surface area (Å²) in [6.07, 6.45) is 2.24. The highest BCUT2D eigenvalue weighted by Gasteiger charge is 2.37. The summed E-state index contributed by atoms with van der Waals surface area (Å²) in [7, 11) is 0. The lowest BCUT2D eigenvalue weighted by Gasteiger charge is -2.42. The largest absolute Gasteiger partial charge is 0.352 e. The minimum Gasteiger partial charge on any atom is -0.352 e. The molecular formula is C24H29NO2. The standard InChI is InChI=1S/C24H29NO2/c1-6-25-22(27)18-10-8-7-9-17(18)21(26)16-11-12-19-20(15-16)24(4,5)14-13-23(19,2)3/h7-12,15H,6,13-14H2,1-5H3,(H,25,27). The van der Waals surface area contributed by atoms with Crippen molar-refractivity contribution in [2.75, 3.05) is 6.54 Å². The Morgan fingerprint density at radius 1 is 0.889 bits per heavy atom. The summed E-state index contributed by atoms with van der Waals surface area (Å²) in [5, 5.41) is 2.79. The molecule has 0 saturated heterocycles. The molecule has 0 atom stereocenters. The lowest BCUT2D eigenvalue weighted by Crippen LogP contribution is -2.34. The maximum Gasteiger partial charge on any atom is 0.252 e. The molecule has 0 aromatic heterocycles. The van der Waals surface area contributed by atoms with Crippen molar-refractivity contribution in [2.24, 2.45) is 0 Å². The van der Waals surface area contributed by atoms with Gasteiger partial charge in [0.25, 0.3) is 5.91 Å². The van der Waals surface area contributed by atoms with Crippen molar-refractivity contribution in [3.8, 4) is 0 Å². The minimum atomic E-state index is -0.208. The molecule has 0 aliphatic heterocycles. The van der Waals surface area contributed by atoms with Gasteiger partial charge in [0.2, 0.25) is 0 Å². The number of carbonyl (C=O) groups is 2. The molecule has 27 heavy (non-hydrogen) atoms. The van der Waals surface area contributed by atoms with Crippen LogP contribution in [0.1, 0.15) is 84.9 Å². The third-order valence-electron chi connectivity index (χ3n) is 5.87. The zero-order valence-electron chi connectivity index (χ0n) is 17.0. The summed E-state index contributed by atoms with van der Waals surface area (Å²) in [6, 6.07) is 13.1. The van der Waals surface area contributed by atoms with Gasteiger partial charge in [-0.05, 0) is 53.9 Å². The normalized spacial score (nSPS) is 17.1. The van der Waals surface area contributed by atoms with Crippen LogP contribution >= 0.6 is 0 Å². The van der Waals surface area contributed by atoms with Gasteiger partial charge in [0.1, 0.15) is 0 Å². The number of ketones is 1. The molecule has 2 aromatic rings. The molecule has 1 amide bonds. The van der Waals surface area contributed by atoms with Gasteiger partial charge in [-0.3, -0.25) is 9.59 Å². The summed E-state index contributed by atoms with van der Waals surface area (Å²) in [6.45, 7) is 11.4. The Hall–Kier alpha value is -2.42. The van der Waals surface area contributed by atoms with E-state index in [1.54, 1.807) is 24.3 Å².